The zero-order valence-electron chi connectivity index (χ0n) is 9.28. The second-order valence-corrected chi connectivity index (χ2v) is 4.46. The van der Waals surface area contributed by atoms with Gasteiger partial charge in [-0.2, -0.15) is 0 Å². The van der Waals surface area contributed by atoms with E-state index < -0.39 is 24.0 Å². The number of aliphatic carboxylic acids is 1. The molecular formula is C11H11ClN2O4. The largest absolute Gasteiger partial charge is 0.480 e. The average Bonchev–Trinajstić information content (AvgIpc) is 2.70. The number of carbonyl (C=O) groups excluding carboxylic acids is 1. The predicted octanol–water partition coefficient (Wildman–Crippen LogP) is 0.395. The summed E-state index contributed by atoms with van der Waals surface area (Å²) in [5.74, 6) is -1.59. The second kappa shape index (κ2) is 4.91. The number of carboxylic acids is 1. The van der Waals surface area contributed by atoms with Crippen LogP contribution in [0.3, 0.4) is 0 Å². The molecule has 7 heteroatoms. The summed E-state index contributed by atoms with van der Waals surface area (Å²) in [7, 11) is 0. The van der Waals surface area contributed by atoms with E-state index >= 15 is 0 Å². The number of amides is 1. The number of likely N-dealkylation sites (tertiary alicyclic amines) is 1. The molecule has 2 atom stereocenters. The van der Waals surface area contributed by atoms with Crippen molar-refractivity contribution in [3.05, 3.63) is 29.0 Å². The van der Waals surface area contributed by atoms with E-state index in [4.69, 9.17) is 16.7 Å². The number of aliphatic hydroxyl groups is 1. The van der Waals surface area contributed by atoms with E-state index in [-0.39, 0.29) is 23.7 Å². The lowest BCUT2D eigenvalue weighted by molar-refractivity contribution is -0.141. The first-order valence-electron chi connectivity index (χ1n) is 5.32. The van der Waals surface area contributed by atoms with E-state index in [1.165, 1.54) is 18.3 Å². The quantitative estimate of drug-likeness (QED) is 0.759. The first-order chi connectivity index (χ1) is 8.49. The third kappa shape index (κ3) is 2.44. The van der Waals surface area contributed by atoms with Gasteiger partial charge in [-0.25, -0.2) is 9.78 Å². The van der Waals surface area contributed by atoms with Gasteiger partial charge in [-0.15, -0.1) is 0 Å². The van der Waals surface area contributed by atoms with Crippen molar-refractivity contribution in [2.24, 2.45) is 0 Å². The molecule has 18 heavy (non-hydrogen) atoms. The maximum Gasteiger partial charge on any atom is 0.326 e. The average molecular weight is 271 g/mol. The van der Waals surface area contributed by atoms with E-state index in [0.29, 0.717) is 0 Å². The number of carboxylic acid groups (broad SMARTS) is 1. The minimum Gasteiger partial charge on any atom is -0.480 e. The molecule has 1 amide bonds. The molecule has 96 valence electrons. The van der Waals surface area contributed by atoms with Gasteiger partial charge in [0.25, 0.3) is 5.91 Å². The summed E-state index contributed by atoms with van der Waals surface area (Å²) in [6, 6.07) is 1.82. The molecule has 1 aromatic rings. The first-order valence-corrected chi connectivity index (χ1v) is 5.70. The summed E-state index contributed by atoms with van der Waals surface area (Å²) in [6.45, 7) is 0.00966. The fourth-order valence-electron chi connectivity index (χ4n) is 1.97. The minimum atomic E-state index is -1.12. The molecule has 0 aliphatic carbocycles. The van der Waals surface area contributed by atoms with Crippen molar-refractivity contribution in [2.45, 2.75) is 18.6 Å². The Bertz CT molecular complexity index is 494. The highest BCUT2D eigenvalue weighted by Crippen LogP contribution is 2.21. The second-order valence-electron chi connectivity index (χ2n) is 4.07. The molecule has 0 saturated carbocycles. The van der Waals surface area contributed by atoms with E-state index in [1.54, 1.807) is 0 Å². The van der Waals surface area contributed by atoms with Crippen molar-refractivity contribution < 1.29 is 19.8 Å². The van der Waals surface area contributed by atoms with Crippen LogP contribution in [0.4, 0.5) is 0 Å². The van der Waals surface area contributed by atoms with Gasteiger partial charge in [0.2, 0.25) is 0 Å². The lowest BCUT2D eigenvalue weighted by Crippen LogP contribution is -2.40. The zero-order valence-corrected chi connectivity index (χ0v) is 10.0. The third-order valence-corrected chi connectivity index (χ3v) is 3.01. The Balaban J connectivity index is 2.25. The monoisotopic (exact) mass is 270 g/mol. The predicted molar refractivity (Wildman–Crippen MR) is 62.3 cm³/mol. The molecule has 6 nitrogen and oxygen atoms in total. The lowest BCUT2D eigenvalue weighted by atomic mass is 10.2. The molecular weight excluding hydrogens is 260 g/mol. The molecule has 1 aliphatic heterocycles. The summed E-state index contributed by atoms with van der Waals surface area (Å²) >= 11 is 5.68. The number of aliphatic hydroxyl groups excluding tert-OH is 1. The summed E-state index contributed by atoms with van der Waals surface area (Å²) in [5, 5.41) is 18.6. The van der Waals surface area contributed by atoms with Crippen molar-refractivity contribution in [1.29, 1.82) is 0 Å². The molecule has 1 fully saturated rings. The highest BCUT2D eigenvalue weighted by molar-refractivity contribution is 6.29. The minimum absolute atomic E-state index is 0.00966. The Morgan fingerprint density at radius 1 is 1.50 bits per heavy atom. The number of halogens is 1. The third-order valence-electron chi connectivity index (χ3n) is 2.80. The number of pyridine rings is 1. The van der Waals surface area contributed by atoms with Gasteiger partial charge in [0.05, 0.1) is 6.10 Å². The lowest BCUT2D eigenvalue weighted by Gasteiger charge is -2.21. The number of rotatable bonds is 2. The Morgan fingerprint density at radius 2 is 2.22 bits per heavy atom. The van der Waals surface area contributed by atoms with Crippen LogP contribution in [0.1, 0.15) is 16.8 Å². The molecule has 0 bridgehead atoms. The van der Waals surface area contributed by atoms with Crippen LogP contribution in [-0.4, -0.2) is 50.7 Å². The molecule has 0 radical (unpaired) electrons. The Morgan fingerprint density at radius 3 is 2.83 bits per heavy atom. The van der Waals surface area contributed by atoms with E-state index in [9.17, 15) is 14.7 Å². The molecule has 0 spiro atoms. The van der Waals surface area contributed by atoms with Gasteiger partial charge in [-0.3, -0.25) is 4.79 Å². The topological polar surface area (TPSA) is 90.7 Å². The van der Waals surface area contributed by atoms with E-state index in [2.05, 4.69) is 4.98 Å². The SMILES string of the molecule is O=C(O)[C@@H]1C[C@H](O)CN1C(=O)c1ccnc(Cl)c1. The number of carbonyl (C=O) groups is 2. The van der Waals surface area contributed by atoms with Crippen molar-refractivity contribution in [3.8, 4) is 0 Å². The number of β-amino-alcohol motifs (C(OH)–C–C–N with tert-alkyl or cyclic N) is 1. The molecule has 2 heterocycles. The van der Waals surface area contributed by atoms with Crippen LogP contribution in [-0.2, 0) is 4.79 Å². The van der Waals surface area contributed by atoms with E-state index in [0.717, 1.165) is 4.90 Å². The normalized spacial score (nSPS) is 23.1. The maximum atomic E-state index is 12.1. The van der Waals surface area contributed by atoms with Crippen LogP contribution in [0.2, 0.25) is 5.15 Å². The smallest absolute Gasteiger partial charge is 0.326 e. The molecule has 2 N–H and O–H groups in total. The molecule has 0 unspecified atom stereocenters. The zero-order chi connectivity index (χ0) is 13.3. The van der Waals surface area contributed by atoms with Gasteiger partial charge in [-0.05, 0) is 12.1 Å². The van der Waals surface area contributed by atoms with Gasteiger partial charge < -0.3 is 15.1 Å². The highest BCUT2D eigenvalue weighted by atomic mass is 35.5. The van der Waals surface area contributed by atoms with Crippen molar-refractivity contribution in [3.63, 3.8) is 0 Å². The molecule has 1 saturated heterocycles. The summed E-state index contributed by atoms with van der Waals surface area (Å²) < 4.78 is 0. The number of nitrogens with zero attached hydrogens (tertiary/aromatic N) is 2. The van der Waals surface area contributed by atoms with Crippen LogP contribution >= 0.6 is 11.6 Å². The molecule has 2 rings (SSSR count). The van der Waals surface area contributed by atoms with Crippen molar-refractivity contribution in [1.82, 2.24) is 9.88 Å². The van der Waals surface area contributed by atoms with Crippen LogP contribution in [0, 0.1) is 0 Å². The van der Waals surface area contributed by atoms with E-state index in [1.807, 2.05) is 0 Å². The van der Waals surface area contributed by atoms with Gasteiger partial charge in [0, 0.05) is 24.7 Å². The Kier molecular flexibility index (Phi) is 3.49. The van der Waals surface area contributed by atoms with Gasteiger partial charge in [0.1, 0.15) is 11.2 Å². The molecule has 1 aliphatic rings. The van der Waals surface area contributed by atoms with Gasteiger partial charge >= 0.3 is 5.97 Å². The molecule has 0 aromatic carbocycles. The number of aromatic nitrogens is 1. The van der Waals surface area contributed by atoms with Gasteiger partial charge in [0.15, 0.2) is 0 Å². The first kappa shape index (κ1) is 12.8. The summed E-state index contributed by atoms with van der Waals surface area (Å²) in [4.78, 5) is 28.0. The van der Waals surface area contributed by atoms with Crippen LogP contribution in [0.25, 0.3) is 0 Å². The fraction of sp³-hybridized carbons (Fsp3) is 0.364. The van der Waals surface area contributed by atoms with Crippen molar-refractivity contribution in [2.75, 3.05) is 6.54 Å². The maximum absolute atomic E-state index is 12.1. The fourth-order valence-corrected chi connectivity index (χ4v) is 2.15. The summed E-state index contributed by atoms with van der Waals surface area (Å²) in [6.07, 6.45) is 0.602. The summed E-state index contributed by atoms with van der Waals surface area (Å²) in [5.41, 5.74) is 0.260. The number of hydrogen-bond donors (Lipinski definition) is 2. The van der Waals surface area contributed by atoms with Crippen LogP contribution < -0.4 is 0 Å². The van der Waals surface area contributed by atoms with Crippen LogP contribution in [0.15, 0.2) is 18.3 Å². The number of hydrogen-bond acceptors (Lipinski definition) is 4. The molecule has 1 aromatic heterocycles. The standard InChI is InChI=1S/C11H11ClN2O4/c12-9-3-6(1-2-13-9)10(16)14-5-7(15)4-8(14)11(17)18/h1-3,7-8,15H,4-5H2,(H,17,18)/t7-,8-/m0/s1. The Labute approximate surface area is 108 Å². The van der Waals surface area contributed by atoms with Crippen LogP contribution in [0.5, 0.6) is 0 Å². The highest BCUT2D eigenvalue weighted by Gasteiger charge is 2.39. The van der Waals surface area contributed by atoms with Gasteiger partial charge in [-0.1, -0.05) is 11.6 Å². The van der Waals surface area contributed by atoms with Crippen molar-refractivity contribution >= 4 is 23.5 Å². The Hall–Kier alpha value is -1.66.